The van der Waals surface area contributed by atoms with Crippen LogP contribution in [0.25, 0.3) is 0 Å². The number of halogens is 2. The highest BCUT2D eigenvalue weighted by molar-refractivity contribution is 5.96. The van der Waals surface area contributed by atoms with E-state index in [9.17, 15) is 28.3 Å². The first kappa shape index (κ1) is 31.1. The van der Waals surface area contributed by atoms with E-state index in [1.54, 1.807) is 36.4 Å². The molecule has 3 aromatic carbocycles. The SMILES string of the molecule is CCCCCCCOc1ccc(C(=O)Oc2ccc(CC(NC(=O)c3ccc(OC(F)F)cc3)C(=O)O)cc2)cc1. The largest absolute Gasteiger partial charge is 0.494 e. The average Bonchev–Trinajstić information content (AvgIpc) is 2.95. The zero-order valence-electron chi connectivity index (χ0n) is 22.7. The maximum absolute atomic E-state index is 12.5. The highest BCUT2D eigenvalue weighted by Gasteiger charge is 2.21. The van der Waals surface area contributed by atoms with Crippen LogP contribution >= 0.6 is 0 Å². The summed E-state index contributed by atoms with van der Waals surface area (Å²) in [6, 6.07) is 16.6. The van der Waals surface area contributed by atoms with Gasteiger partial charge in [-0.2, -0.15) is 8.78 Å². The van der Waals surface area contributed by atoms with E-state index in [1.807, 2.05) is 0 Å². The van der Waals surface area contributed by atoms with Gasteiger partial charge in [0.2, 0.25) is 0 Å². The molecule has 0 saturated carbocycles. The minimum Gasteiger partial charge on any atom is -0.494 e. The molecule has 8 nitrogen and oxygen atoms in total. The Kier molecular flexibility index (Phi) is 12.1. The molecule has 1 unspecified atom stereocenters. The number of carbonyl (C=O) groups excluding carboxylic acids is 2. The number of ether oxygens (including phenoxy) is 3. The molecule has 3 rings (SSSR count). The second-order valence-corrected chi connectivity index (χ2v) is 9.29. The molecule has 0 fully saturated rings. The summed E-state index contributed by atoms with van der Waals surface area (Å²) in [4.78, 5) is 36.8. The Balaban J connectivity index is 1.50. The number of aliphatic carboxylic acids is 1. The Labute approximate surface area is 237 Å². The number of amides is 1. The topological polar surface area (TPSA) is 111 Å². The quantitative estimate of drug-likeness (QED) is 0.119. The fourth-order valence-corrected chi connectivity index (χ4v) is 3.91. The lowest BCUT2D eigenvalue weighted by molar-refractivity contribution is -0.139. The third-order valence-electron chi connectivity index (χ3n) is 6.13. The molecular formula is C31H33F2NO7. The van der Waals surface area contributed by atoms with Crippen LogP contribution in [0.5, 0.6) is 17.2 Å². The second-order valence-electron chi connectivity index (χ2n) is 9.29. The molecule has 0 radical (unpaired) electrons. The summed E-state index contributed by atoms with van der Waals surface area (Å²) in [7, 11) is 0. The maximum atomic E-state index is 12.5. The van der Waals surface area contributed by atoms with E-state index in [0.717, 1.165) is 12.8 Å². The van der Waals surface area contributed by atoms with Crippen LogP contribution in [0.1, 0.15) is 65.3 Å². The van der Waals surface area contributed by atoms with Gasteiger partial charge in [0.15, 0.2) is 0 Å². The van der Waals surface area contributed by atoms with Crippen LogP contribution in [0.2, 0.25) is 0 Å². The third-order valence-corrected chi connectivity index (χ3v) is 6.13. The first-order chi connectivity index (χ1) is 19.7. The van der Waals surface area contributed by atoms with Crippen molar-refractivity contribution in [2.24, 2.45) is 0 Å². The molecule has 0 aliphatic carbocycles. The molecule has 3 aromatic rings. The Morgan fingerprint density at radius 1 is 0.780 bits per heavy atom. The molecule has 0 bridgehead atoms. The molecular weight excluding hydrogens is 536 g/mol. The lowest BCUT2D eigenvalue weighted by Gasteiger charge is -2.15. The zero-order chi connectivity index (χ0) is 29.6. The number of carbonyl (C=O) groups is 3. The summed E-state index contributed by atoms with van der Waals surface area (Å²) in [6.07, 6.45) is 5.68. The van der Waals surface area contributed by atoms with Gasteiger partial charge in [-0.3, -0.25) is 4.79 Å². The predicted molar refractivity (Wildman–Crippen MR) is 148 cm³/mol. The van der Waals surface area contributed by atoms with Crippen LogP contribution in [0.4, 0.5) is 8.78 Å². The molecule has 0 aliphatic rings. The molecule has 1 atom stereocenters. The van der Waals surface area contributed by atoms with Gasteiger partial charge < -0.3 is 24.6 Å². The summed E-state index contributed by atoms with van der Waals surface area (Å²) >= 11 is 0. The summed E-state index contributed by atoms with van der Waals surface area (Å²) in [5.41, 5.74) is 1.02. The Morgan fingerprint density at radius 3 is 1.98 bits per heavy atom. The van der Waals surface area contributed by atoms with E-state index in [4.69, 9.17) is 9.47 Å². The van der Waals surface area contributed by atoms with E-state index in [2.05, 4.69) is 17.0 Å². The van der Waals surface area contributed by atoms with Crippen molar-refractivity contribution >= 4 is 17.8 Å². The lowest BCUT2D eigenvalue weighted by atomic mass is 10.1. The second kappa shape index (κ2) is 16.0. The minimum absolute atomic E-state index is 0.0397. The smallest absolute Gasteiger partial charge is 0.387 e. The molecule has 0 spiro atoms. The van der Waals surface area contributed by atoms with E-state index in [0.29, 0.717) is 23.5 Å². The molecule has 0 saturated heterocycles. The lowest BCUT2D eigenvalue weighted by Crippen LogP contribution is -2.42. The Bertz CT molecular complexity index is 1260. The molecule has 1 amide bonds. The van der Waals surface area contributed by atoms with E-state index >= 15 is 0 Å². The summed E-state index contributed by atoms with van der Waals surface area (Å²) in [5, 5.41) is 12.0. The number of alkyl halides is 2. The Morgan fingerprint density at radius 2 is 1.37 bits per heavy atom. The van der Waals surface area contributed by atoms with Crippen molar-refractivity contribution in [1.82, 2.24) is 5.32 Å². The van der Waals surface area contributed by atoms with Gasteiger partial charge in [-0.05, 0) is 72.6 Å². The number of carboxylic acids is 1. The standard InChI is InChI=1S/C31H33F2NO7/c1-2-3-4-5-6-19-39-24-15-11-23(12-16-24)30(38)40-25-13-7-21(8-14-25)20-27(29(36)37)34-28(35)22-9-17-26(18-10-22)41-31(32)33/h7-18,27,31H,2-6,19-20H2,1H3,(H,34,35)(H,36,37). The zero-order valence-corrected chi connectivity index (χ0v) is 22.7. The molecule has 0 aromatic heterocycles. The van der Waals surface area contributed by atoms with Crippen LogP contribution in [0, 0.1) is 0 Å². The van der Waals surface area contributed by atoms with Crippen LogP contribution in [0.3, 0.4) is 0 Å². The summed E-state index contributed by atoms with van der Waals surface area (Å²) in [6.45, 7) is -0.203. The fraction of sp³-hybridized carbons (Fsp3) is 0.323. The third kappa shape index (κ3) is 10.6. The maximum Gasteiger partial charge on any atom is 0.387 e. The van der Waals surface area contributed by atoms with Crippen molar-refractivity contribution in [1.29, 1.82) is 0 Å². The van der Waals surface area contributed by atoms with Crippen molar-refractivity contribution in [3.63, 3.8) is 0 Å². The van der Waals surface area contributed by atoms with Crippen molar-refractivity contribution < 1.29 is 42.5 Å². The number of benzene rings is 3. The average molecular weight is 570 g/mol. The number of carboxylic acid groups (broad SMARTS) is 1. The molecule has 10 heteroatoms. The van der Waals surface area contributed by atoms with Crippen LogP contribution < -0.4 is 19.5 Å². The number of esters is 1. The first-order valence-electron chi connectivity index (χ1n) is 13.4. The number of hydrogen-bond donors (Lipinski definition) is 2. The van der Waals surface area contributed by atoms with Gasteiger partial charge in [-0.1, -0.05) is 44.7 Å². The van der Waals surface area contributed by atoms with Crippen LogP contribution in [-0.4, -0.2) is 42.2 Å². The van der Waals surface area contributed by atoms with Crippen LogP contribution in [-0.2, 0) is 11.2 Å². The van der Waals surface area contributed by atoms with Gasteiger partial charge in [0, 0.05) is 12.0 Å². The normalized spacial score (nSPS) is 11.5. The Hall–Kier alpha value is -4.47. The molecule has 2 N–H and O–H groups in total. The summed E-state index contributed by atoms with van der Waals surface area (Å²) < 4.78 is 40.0. The predicted octanol–water partition coefficient (Wildman–Crippen LogP) is 6.28. The van der Waals surface area contributed by atoms with Gasteiger partial charge in [-0.15, -0.1) is 0 Å². The van der Waals surface area contributed by atoms with Crippen molar-refractivity contribution in [3.8, 4) is 17.2 Å². The van der Waals surface area contributed by atoms with E-state index < -0.39 is 30.5 Å². The summed E-state index contributed by atoms with van der Waals surface area (Å²) in [5.74, 6) is -1.66. The van der Waals surface area contributed by atoms with Crippen molar-refractivity contribution in [2.75, 3.05) is 6.61 Å². The molecule has 41 heavy (non-hydrogen) atoms. The van der Waals surface area contributed by atoms with Crippen LogP contribution in [0.15, 0.2) is 72.8 Å². The number of rotatable bonds is 16. The van der Waals surface area contributed by atoms with Crippen molar-refractivity contribution in [3.05, 3.63) is 89.5 Å². The number of unbranched alkanes of at least 4 members (excludes halogenated alkanes) is 4. The van der Waals surface area contributed by atoms with E-state index in [1.165, 1.54) is 55.7 Å². The van der Waals surface area contributed by atoms with Gasteiger partial charge in [0.05, 0.1) is 12.2 Å². The minimum atomic E-state index is -3.00. The molecule has 0 aliphatic heterocycles. The van der Waals surface area contributed by atoms with Gasteiger partial charge in [-0.25, -0.2) is 9.59 Å². The highest BCUT2D eigenvalue weighted by Crippen LogP contribution is 2.19. The molecule has 218 valence electrons. The highest BCUT2D eigenvalue weighted by atomic mass is 19.3. The monoisotopic (exact) mass is 569 g/mol. The van der Waals surface area contributed by atoms with Gasteiger partial charge in [0.25, 0.3) is 5.91 Å². The van der Waals surface area contributed by atoms with E-state index in [-0.39, 0.29) is 23.5 Å². The van der Waals surface area contributed by atoms with Gasteiger partial charge >= 0.3 is 18.6 Å². The fourth-order valence-electron chi connectivity index (χ4n) is 3.91. The van der Waals surface area contributed by atoms with Crippen molar-refractivity contribution in [2.45, 2.75) is 58.1 Å². The van der Waals surface area contributed by atoms with Gasteiger partial charge in [0.1, 0.15) is 23.3 Å². The number of hydrogen-bond acceptors (Lipinski definition) is 6. The molecule has 0 heterocycles. The number of nitrogens with one attached hydrogen (secondary N) is 1. The first-order valence-corrected chi connectivity index (χ1v) is 13.4.